The minimum absolute atomic E-state index is 0.0218. The average Bonchev–Trinajstić information content (AvgIpc) is 3.69. The molecule has 3 aliphatic heterocycles. The Morgan fingerprint density at radius 2 is 2.09 bits per heavy atom. The van der Waals surface area contributed by atoms with Crippen LogP contribution in [-0.2, 0) is 4.79 Å². The molecule has 9 nitrogen and oxygen atoms in total. The van der Waals surface area contributed by atoms with Crippen LogP contribution in [0.3, 0.4) is 0 Å². The highest BCUT2D eigenvalue weighted by molar-refractivity contribution is 8.14. The van der Waals surface area contributed by atoms with Crippen LogP contribution in [0.25, 0.3) is 32.9 Å². The molecule has 5 heterocycles. The minimum Gasteiger partial charge on any atom is -0.508 e. The summed E-state index contributed by atoms with van der Waals surface area (Å²) in [6.07, 6.45) is 7.16. The zero-order valence-electron chi connectivity index (χ0n) is 24.2. The Kier molecular flexibility index (Phi) is 7.37. The number of hydrogen-bond donors (Lipinski definition) is 2. The molecule has 45 heavy (non-hydrogen) atoms. The number of rotatable bonds is 7. The van der Waals surface area contributed by atoms with E-state index in [1.807, 2.05) is 0 Å². The van der Waals surface area contributed by atoms with E-state index in [0.29, 0.717) is 30.5 Å². The number of thioether (sulfide) groups is 1. The monoisotopic (exact) mass is 635 g/mol. The van der Waals surface area contributed by atoms with Crippen LogP contribution in [0.2, 0.25) is 0 Å². The average molecular weight is 636 g/mol. The van der Waals surface area contributed by atoms with Crippen LogP contribution in [0, 0.1) is 24.0 Å². The molecule has 3 saturated heterocycles. The molecule has 3 atom stereocenters. The second kappa shape index (κ2) is 11.3. The van der Waals surface area contributed by atoms with Gasteiger partial charge in [0, 0.05) is 29.7 Å². The summed E-state index contributed by atoms with van der Waals surface area (Å²) >= 11 is 1.18. The van der Waals surface area contributed by atoms with Crippen molar-refractivity contribution in [3.8, 4) is 41.2 Å². The first-order chi connectivity index (χ1) is 21.7. The van der Waals surface area contributed by atoms with E-state index in [-0.39, 0.29) is 68.3 Å². The van der Waals surface area contributed by atoms with Gasteiger partial charge < -0.3 is 19.9 Å². The van der Waals surface area contributed by atoms with Crippen LogP contribution in [0.15, 0.2) is 24.3 Å². The molecular formula is C32H28F3N5O4S. The summed E-state index contributed by atoms with van der Waals surface area (Å²) in [6, 6.07) is 4.44. The van der Waals surface area contributed by atoms with E-state index < -0.39 is 29.4 Å². The minimum atomic E-state index is -0.972. The highest BCUT2D eigenvalue weighted by atomic mass is 32.2. The predicted molar refractivity (Wildman–Crippen MR) is 164 cm³/mol. The summed E-state index contributed by atoms with van der Waals surface area (Å²) in [6.45, 7) is 1.18. The molecule has 232 valence electrons. The van der Waals surface area contributed by atoms with Crippen LogP contribution in [0.4, 0.5) is 19.0 Å². The Morgan fingerprint density at radius 1 is 1.24 bits per heavy atom. The van der Waals surface area contributed by atoms with E-state index in [9.17, 15) is 18.7 Å². The van der Waals surface area contributed by atoms with Gasteiger partial charge in [0.25, 0.3) is 0 Å². The number of methoxy groups -OCH3 is 1. The smallest absolute Gasteiger partial charge is 0.319 e. The van der Waals surface area contributed by atoms with Gasteiger partial charge in [0.2, 0.25) is 11.0 Å². The van der Waals surface area contributed by atoms with Crippen molar-refractivity contribution in [2.24, 2.45) is 0 Å². The molecule has 0 bridgehead atoms. The van der Waals surface area contributed by atoms with Crippen molar-refractivity contribution in [1.82, 2.24) is 19.9 Å². The molecule has 0 spiro atoms. The zero-order valence-corrected chi connectivity index (χ0v) is 25.0. The number of carbonyl (C=O) groups excluding carboxylic acids is 1. The molecule has 2 N–H and O–H groups in total. The van der Waals surface area contributed by atoms with Gasteiger partial charge in [-0.2, -0.15) is 9.97 Å². The number of fused-ring (bicyclic) bond motifs is 3. The molecule has 0 amide bonds. The molecule has 7 rings (SSSR count). The first kappa shape index (κ1) is 29.4. The molecule has 1 unspecified atom stereocenters. The lowest BCUT2D eigenvalue weighted by molar-refractivity contribution is -0.111. The molecule has 0 aliphatic carbocycles. The SMILES string of the molecule is C#Cc1c(F)ccc2cc(O)cc(-c3nc(OC)c4c(NC5CCSC5=O)nc(OC[C@@]56CCCN5C[C@H](F)C6)nc4c3F)c12. The van der Waals surface area contributed by atoms with Crippen LogP contribution < -0.4 is 14.8 Å². The molecule has 3 fully saturated rings. The second-order valence-electron chi connectivity index (χ2n) is 11.5. The Balaban J connectivity index is 1.42. The molecule has 2 aromatic heterocycles. The number of phenols is 1. The first-order valence-corrected chi connectivity index (χ1v) is 15.5. The number of anilines is 1. The van der Waals surface area contributed by atoms with Crippen molar-refractivity contribution in [3.05, 3.63) is 41.5 Å². The number of ether oxygens (including phenoxy) is 2. The van der Waals surface area contributed by atoms with E-state index in [1.54, 1.807) is 0 Å². The number of aromatic hydroxyl groups is 1. The number of benzene rings is 2. The number of carbonyl (C=O) groups is 1. The lowest BCUT2D eigenvalue weighted by atomic mass is 9.95. The Labute approximate surface area is 260 Å². The van der Waals surface area contributed by atoms with Crippen LogP contribution >= 0.6 is 11.8 Å². The number of nitrogens with one attached hydrogen (secondary N) is 1. The quantitative estimate of drug-likeness (QED) is 0.263. The number of aromatic nitrogens is 3. The molecule has 2 aromatic carbocycles. The molecule has 0 radical (unpaired) electrons. The van der Waals surface area contributed by atoms with Gasteiger partial charge >= 0.3 is 6.01 Å². The van der Waals surface area contributed by atoms with Gasteiger partial charge in [-0.25, -0.2) is 18.2 Å². The number of phenolic OH excluding ortho intramolecular Hbond substituents is 1. The highest BCUT2D eigenvalue weighted by Crippen LogP contribution is 2.43. The number of nitrogens with zero attached hydrogens (tertiary/aromatic N) is 4. The fourth-order valence-electron chi connectivity index (χ4n) is 6.81. The number of pyridine rings is 1. The third-order valence-electron chi connectivity index (χ3n) is 8.85. The van der Waals surface area contributed by atoms with E-state index in [0.717, 1.165) is 19.4 Å². The maximum atomic E-state index is 16.8. The van der Waals surface area contributed by atoms with E-state index in [1.165, 1.54) is 43.1 Å². The summed E-state index contributed by atoms with van der Waals surface area (Å²) in [5.74, 6) is 1.08. The van der Waals surface area contributed by atoms with Crippen LogP contribution in [0.5, 0.6) is 17.6 Å². The summed E-state index contributed by atoms with van der Waals surface area (Å²) in [4.78, 5) is 28.0. The molecule has 3 aliphatic rings. The first-order valence-electron chi connectivity index (χ1n) is 14.5. The van der Waals surface area contributed by atoms with Gasteiger partial charge in [-0.05, 0) is 49.4 Å². The third kappa shape index (κ3) is 4.96. The summed E-state index contributed by atoms with van der Waals surface area (Å²) in [5, 5.41) is 14.1. The standard InChI is InChI=1S/C32H28F3N5O4S/c1-3-19-21(34)6-5-16-11-18(41)12-20(23(16)19)26-25(35)27-24(29(37-26)43-2)28(36-22-7-10-45-30(22)42)39-31(38-27)44-15-32-8-4-9-40(32)14-17(33)13-32/h1,5-6,11-12,17,22,41H,4,7-10,13-15H2,2H3,(H,36,38,39)/t17-,22?,32+/m1/s1. The van der Waals surface area contributed by atoms with Crippen LogP contribution in [0.1, 0.15) is 31.2 Å². The molecular weight excluding hydrogens is 607 g/mol. The van der Waals surface area contributed by atoms with Gasteiger partial charge in [0.1, 0.15) is 46.8 Å². The molecule has 4 aromatic rings. The number of terminal acetylenes is 1. The number of hydrogen-bond acceptors (Lipinski definition) is 10. The van der Waals surface area contributed by atoms with Crippen LogP contribution in [-0.4, -0.2) is 80.4 Å². The molecule has 0 saturated carbocycles. The Hall–Kier alpha value is -4.28. The Morgan fingerprint density at radius 3 is 2.84 bits per heavy atom. The zero-order chi connectivity index (χ0) is 31.5. The van der Waals surface area contributed by atoms with E-state index in [2.05, 4.69) is 31.1 Å². The van der Waals surface area contributed by atoms with Gasteiger partial charge in [-0.1, -0.05) is 23.7 Å². The normalized spacial score (nSPS) is 23.0. The van der Waals surface area contributed by atoms with Gasteiger partial charge in [-0.3, -0.25) is 9.69 Å². The van der Waals surface area contributed by atoms with Gasteiger partial charge in [0.15, 0.2) is 5.82 Å². The maximum absolute atomic E-state index is 16.8. The second-order valence-corrected chi connectivity index (χ2v) is 12.6. The fraction of sp³-hybridized carbons (Fsp3) is 0.375. The van der Waals surface area contributed by atoms with Crippen molar-refractivity contribution in [1.29, 1.82) is 0 Å². The predicted octanol–water partition coefficient (Wildman–Crippen LogP) is 5.22. The summed E-state index contributed by atoms with van der Waals surface area (Å²) < 4.78 is 57.7. The highest BCUT2D eigenvalue weighted by Gasteiger charge is 2.49. The van der Waals surface area contributed by atoms with E-state index in [4.69, 9.17) is 15.9 Å². The summed E-state index contributed by atoms with van der Waals surface area (Å²) in [5.41, 5.74) is -1.17. The van der Waals surface area contributed by atoms with Crippen molar-refractivity contribution < 1.29 is 32.5 Å². The summed E-state index contributed by atoms with van der Waals surface area (Å²) in [7, 11) is 1.34. The van der Waals surface area contributed by atoms with Crippen molar-refractivity contribution >= 4 is 44.4 Å². The third-order valence-corrected chi connectivity index (χ3v) is 9.86. The topological polar surface area (TPSA) is 110 Å². The number of alkyl halides is 1. The van der Waals surface area contributed by atoms with Crippen molar-refractivity contribution in [3.63, 3.8) is 0 Å². The number of halogens is 3. The largest absolute Gasteiger partial charge is 0.508 e. The lowest BCUT2D eigenvalue weighted by Gasteiger charge is -2.30. The Bertz CT molecular complexity index is 1920. The van der Waals surface area contributed by atoms with E-state index >= 15 is 4.39 Å². The van der Waals surface area contributed by atoms with Crippen molar-refractivity contribution in [2.45, 2.75) is 43.4 Å². The molecule has 13 heteroatoms. The lowest BCUT2D eigenvalue weighted by Crippen LogP contribution is -2.43. The van der Waals surface area contributed by atoms with Gasteiger partial charge in [0.05, 0.1) is 24.3 Å². The van der Waals surface area contributed by atoms with Crippen molar-refractivity contribution in [2.75, 3.05) is 37.9 Å². The van der Waals surface area contributed by atoms with Gasteiger partial charge in [-0.15, -0.1) is 6.42 Å². The maximum Gasteiger partial charge on any atom is 0.319 e. The fourth-order valence-corrected chi connectivity index (χ4v) is 7.74.